The predicted molar refractivity (Wildman–Crippen MR) is 132 cm³/mol. The Morgan fingerprint density at radius 1 is 0.625 bits per heavy atom. The van der Waals surface area contributed by atoms with Crippen LogP contribution in [0.15, 0.2) is 115 Å². The van der Waals surface area contributed by atoms with Crippen molar-refractivity contribution in [2.24, 2.45) is 0 Å². The second-order valence-electron chi connectivity index (χ2n) is 7.52. The van der Waals surface area contributed by atoms with Crippen LogP contribution in [0.1, 0.15) is 17.3 Å². The first-order chi connectivity index (χ1) is 15.6. The van der Waals surface area contributed by atoms with Crippen LogP contribution in [0.2, 0.25) is 0 Å². The molecule has 0 saturated carbocycles. The lowest BCUT2D eigenvalue weighted by molar-refractivity contribution is -0.131. The van der Waals surface area contributed by atoms with Crippen LogP contribution in [-0.4, -0.2) is 17.9 Å². The van der Waals surface area contributed by atoms with Gasteiger partial charge in [0, 0.05) is 12.5 Å². The highest BCUT2D eigenvalue weighted by Crippen LogP contribution is 2.55. The number of benzene rings is 4. The van der Waals surface area contributed by atoms with Crippen molar-refractivity contribution in [3.05, 3.63) is 121 Å². The molecule has 0 radical (unpaired) electrons. The lowest BCUT2D eigenvalue weighted by Gasteiger charge is -2.27. The van der Waals surface area contributed by atoms with E-state index in [1.54, 1.807) is 24.3 Å². The molecule has 4 rings (SSSR count). The fourth-order valence-electron chi connectivity index (χ4n) is 3.95. The number of esters is 1. The summed E-state index contributed by atoms with van der Waals surface area (Å²) in [5.41, 5.74) is 0.605. The van der Waals surface area contributed by atoms with Gasteiger partial charge in [0.15, 0.2) is 0 Å². The van der Waals surface area contributed by atoms with Crippen molar-refractivity contribution in [2.75, 3.05) is 6.16 Å². The van der Waals surface area contributed by atoms with E-state index in [1.807, 2.05) is 54.6 Å². The SMILES string of the molecule is CC(=O)Oc1ccc(C(=O)C[P+](c2ccccc2)(c2ccccc2)c2ccccc2)cc1. The van der Waals surface area contributed by atoms with Gasteiger partial charge in [-0.25, -0.2) is 0 Å². The number of rotatable bonds is 7. The fourth-order valence-corrected chi connectivity index (χ4v) is 8.05. The molecule has 0 saturated heterocycles. The molecule has 0 aliphatic rings. The Morgan fingerprint density at radius 3 is 1.41 bits per heavy atom. The van der Waals surface area contributed by atoms with E-state index in [1.165, 1.54) is 22.8 Å². The fraction of sp³-hybridized carbons (Fsp3) is 0.0714. The predicted octanol–water partition coefficient (Wildman–Crippen LogP) is 4.79. The second-order valence-corrected chi connectivity index (χ2v) is 11.0. The van der Waals surface area contributed by atoms with Crippen LogP contribution in [0.4, 0.5) is 0 Å². The summed E-state index contributed by atoms with van der Waals surface area (Å²) in [6.45, 7) is 1.36. The van der Waals surface area contributed by atoms with Gasteiger partial charge in [0.05, 0.1) is 0 Å². The quantitative estimate of drug-likeness (QED) is 0.180. The summed E-state index contributed by atoms with van der Waals surface area (Å²) in [6, 6.07) is 37.8. The van der Waals surface area contributed by atoms with Crippen molar-refractivity contribution in [1.82, 2.24) is 0 Å². The van der Waals surface area contributed by atoms with Crippen LogP contribution in [0, 0.1) is 0 Å². The number of Topliss-reactive ketones (excluding diaryl/α,β-unsaturated/α-hetero) is 1. The van der Waals surface area contributed by atoms with Gasteiger partial charge in [0.2, 0.25) is 5.78 Å². The molecule has 4 heteroatoms. The topological polar surface area (TPSA) is 43.4 Å². The molecule has 0 atom stereocenters. The van der Waals surface area contributed by atoms with E-state index in [2.05, 4.69) is 36.4 Å². The van der Waals surface area contributed by atoms with Crippen molar-refractivity contribution >= 4 is 34.9 Å². The Bertz CT molecular complexity index is 1090. The Hall–Kier alpha value is -3.55. The zero-order valence-corrected chi connectivity index (χ0v) is 18.7. The Morgan fingerprint density at radius 2 is 1.03 bits per heavy atom. The Labute approximate surface area is 189 Å². The van der Waals surface area contributed by atoms with Crippen LogP contribution in [0.3, 0.4) is 0 Å². The lowest BCUT2D eigenvalue weighted by atomic mass is 10.1. The highest BCUT2D eigenvalue weighted by atomic mass is 31.2. The molecule has 0 aliphatic carbocycles. The molecule has 158 valence electrons. The highest BCUT2D eigenvalue weighted by Gasteiger charge is 2.47. The van der Waals surface area contributed by atoms with Gasteiger partial charge in [0.25, 0.3) is 0 Å². The molecule has 0 N–H and O–H groups in total. The van der Waals surface area contributed by atoms with Crippen LogP contribution in [0.25, 0.3) is 0 Å². The van der Waals surface area contributed by atoms with Crippen molar-refractivity contribution in [2.45, 2.75) is 6.92 Å². The molecular formula is C28H24O3P+. The largest absolute Gasteiger partial charge is 0.427 e. The normalized spacial score (nSPS) is 11.0. The maximum absolute atomic E-state index is 13.6. The number of hydrogen-bond acceptors (Lipinski definition) is 3. The Kier molecular flexibility index (Phi) is 6.58. The van der Waals surface area contributed by atoms with Gasteiger partial charge < -0.3 is 4.74 Å². The summed E-state index contributed by atoms with van der Waals surface area (Å²) in [5, 5.41) is 3.51. The van der Waals surface area contributed by atoms with E-state index in [0.29, 0.717) is 17.5 Å². The third kappa shape index (κ3) is 4.54. The zero-order valence-electron chi connectivity index (χ0n) is 17.8. The Balaban J connectivity index is 1.82. The monoisotopic (exact) mass is 439 g/mol. The summed E-state index contributed by atoms with van der Waals surface area (Å²) < 4.78 is 5.11. The van der Waals surface area contributed by atoms with Gasteiger partial charge in [-0.1, -0.05) is 54.6 Å². The van der Waals surface area contributed by atoms with E-state index in [9.17, 15) is 9.59 Å². The number of ether oxygens (including phenoxy) is 1. The van der Waals surface area contributed by atoms with Crippen LogP contribution in [-0.2, 0) is 4.79 Å². The van der Waals surface area contributed by atoms with Crippen LogP contribution in [0.5, 0.6) is 5.75 Å². The minimum absolute atomic E-state index is 0.0595. The smallest absolute Gasteiger partial charge is 0.308 e. The maximum atomic E-state index is 13.6. The highest BCUT2D eigenvalue weighted by molar-refractivity contribution is 7.96. The van der Waals surface area contributed by atoms with Gasteiger partial charge in [-0.3, -0.25) is 9.59 Å². The lowest BCUT2D eigenvalue weighted by Crippen LogP contribution is -2.35. The molecule has 0 unspecified atom stereocenters. The van der Waals surface area contributed by atoms with Crippen molar-refractivity contribution in [3.8, 4) is 5.75 Å². The molecular weight excluding hydrogens is 415 g/mol. The summed E-state index contributed by atoms with van der Waals surface area (Å²) in [7, 11) is -2.24. The first kappa shape index (κ1) is 21.7. The molecule has 0 heterocycles. The standard InChI is InChI=1S/C28H24O3P/c1-22(29)31-24-19-17-23(18-20-24)28(30)21-32(25-11-5-2-6-12-25,26-13-7-3-8-14-26)27-15-9-4-10-16-27/h2-20H,21H2,1H3/q+1. The molecule has 0 spiro atoms. The summed E-state index contributed by atoms with van der Waals surface area (Å²) in [6.07, 6.45) is 0.373. The minimum Gasteiger partial charge on any atom is -0.427 e. The van der Waals surface area contributed by atoms with Crippen molar-refractivity contribution in [3.63, 3.8) is 0 Å². The van der Waals surface area contributed by atoms with Gasteiger partial charge in [-0.05, 0) is 60.7 Å². The maximum Gasteiger partial charge on any atom is 0.308 e. The third-order valence-corrected chi connectivity index (χ3v) is 9.71. The van der Waals surface area contributed by atoms with E-state index in [0.717, 1.165) is 0 Å². The van der Waals surface area contributed by atoms with Crippen molar-refractivity contribution < 1.29 is 14.3 Å². The molecule has 0 aromatic heterocycles. The van der Waals surface area contributed by atoms with Crippen LogP contribution >= 0.6 is 7.26 Å². The van der Waals surface area contributed by atoms with Crippen LogP contribution < -0.4 is 20.7 Å². The van der Waals surface area contributed by atoms with Gasteiger partial charge in [-0.15, -0.1) is 0 Å². The first-order valence-corrected chi connectivity index (χ1v) is 12.4. The van der Waals surface area contributed by atoms with E-state index in [-0.39, 0.29) is 11.8 Å². The average molecular weight is 439 g/mol. The molecule has 0 aliphatic heterocycles. The summed E-state index contributed by atoms with van der Waals surface area (Å²) >= 11 is 0. The number of carbonyl (C=O) groups excluding carboxylic acids is 2. The number of carbonyl (C=O) groups is 2. The molecule has 0 amide bonds. The molecule has 0 fully saturated rings. The van der Waals surface area contributed by atoms with E-state index >= 15 is 0 Å². The van der Waals surface area contributed by atoms with Gasteiger partial charge >= 0.3 is 5.97 Å². The van der Waals surface area contributed by atoms with Gasteiger partial charge in [-0.2, -0.15) is 0 Å². The average Bonchev–Trinajstić information content (AvgIpc) is 2.84. The van der Waals surface area contributed by atoms with Gasteiger partial charge in [0.1, 0.15) is 35.1 Å². The first-order valence-electron chi connectivity index (χ1n) is 10.5. The molecule has 32 heavy (non-hydrogen) atoms. The minimum atomic E-state index is -2.24. The zero-order chi connectivity index (χ0) is 22.4. The van der Waals surface area contributed by atoms with Crippen molar-refractivity contribution in [1.29, 1.82) is 0 Å². The van der Waals surface area contributed by atoms with E-state index < -0.39 is 7.26 Å². The molecule has 3 nitrogen and oxygen atoms in total. The second kappa shape index (κ2) is 9.72. The molecule has 0 bridgehead atoms. The number of hydrogen-bond donors (Lipinski definition) is 0. The van der Waals surface area contributed by atoms with E-state index in [4.69, 9.17) is 4.74 Å². The summed E-state index contributed by atoms with van der Waals surface area (Å²) in [4.78, 5) is 24.8. The number of ketones is 1. The summed E-state index contributed by atoms with van der Waals surface area (Å²) in [5.74, 6) is 0.111. The molecule has 4 aromatic carbocycles. The third-order valence-electron chi connectivity index (χ3n) is 5.41. The molecule has 4 aromatic rings.